The van der Waals surface area contributed by atoms with Crippen molar-refractivity contribution < 1.29 is 8.78 Å². The molecule has 1 aromatic carbocycles. The average Bonchev–Trinajstić information content (AvgIpc) is 3.09. The summed E-state index contributed by atoms with van der Waals surface area (Å²) in [6, 6.07) is 11.8. The first kappa shape index (κ1) is 16.5. The summed E-state index contributed by atoms with van der Waals surface area (Å²) < 4.78 is 26.7. The summed E-state index contributed by atoms with van der Waals surface area (Å²) >= 11 is 0. The van der Waals surface area contributed by atoms with E-state index in [1.165, 1.54) is 23.5 Å². The predicted molar refractivity (Wildman–Crippen MR) is 95.0 cm³/mol. The second-order valence-corrected chi connectivity index (χ2v) is 6.92. The van der Waals surface area contributed by atoms with Crippen molar-refractivity contribution in [2.24, 2.45) is 0 Å². The largest absolute Gasteiger partial charge is 0.368 e. The van der Waals surface area contributed by atoms with Crippen molar-refractivity contribution in [3.05, 3.63) is 59.7 Å². The molecule has 5 heteroatoms. The summed E-state index contributed by atoms with van der Waals surface area (Å²) in [5, 5.41) is 0. The molecule has 0 radical (unpaired) electrons. The topological polar surface area (TPSA) is 19.4 Å². The van der Waals surface area contributed by atoms with Gasteiger partial charge in [0.05, 0.1) is 6.04 Å². The molecule has 1 fully saturated rings. The van der Waals surface area contributed by atoms with E-state index in [4.69, 9.17) is 0 Å². The van der Waals surface area contributed by atoms with Gasteiger partial charge in [-0.05, 0) is 42.5 Å². The van der Waals surface area contributed by atoms with Gasteiger partial charge in [0.2, 0.25) is 5.95 Å². The number of nitrogens with zero attached hydrogens (tertiary/aromatic N) is 3. The van der Waals surface area contributed by atoms with Crippen LogP contribution in [0.1, 0.15) is 30.0 Å². The average molecular weight is 343 g/mol. The van der Waals surface area contributed by atoms with Crippen LogP contribution in [-0.4, -0.2) is 42.2 Å². The van der Waals surface area contributed by atoms with E-state index in [1.807, 2.05) is 0 Å². The van der Waals surface area contributed by atoms with Crippen LogP contribution in [0.5, 0.6) is 0 Å². The van der Waals surface area contributed by atoms with Crippen molar-refractivity contribution in [3.8, 4) is 0 Å². The highest BCUT2D eigenvalue weighted by molar-refractivity contribution is 5.58. The summed E-state index contributed by atoms with van der Waals surface area (Å²) in [6.45, 7) is 2.33. The number of rotatable bonds is 4. The molecular weight excluding hydrogens is 320 g/mol. The molecule has 2 aliphatic rings. The summed E-state index contributed by atoms with van der Waals surface area (Å²) in [5.41, 5.74) is 3.56. The Balaban J connectivity index is 1.42. The standard InChI is InChI=1S/C20H23F2N3/c21-13-19(16-5-6-20(22)23-14-16)24-10-8-17(9-11-24)25-12-7-15-3-1-2-4-18(15)25/h1-6,14,17,19H,7-13H2. The predicted octanol–water partition coefficient (Wildman–Crippen LogP) is 3.76. The Bertz CT molecular complexity index is 711. The number of hydrogen-bond acceptors (Lipinski definition) is 3. The minimum Gasteiger partial charge on any atom is -0.368 e. The van der Waals surface area contributed by atoms with E-state index in [9.17, 15) is 8.78 Å². The van der Waals surface area contributed by atoms with Crippen LogP contribution in [0.4, 0.5) is 14.5 Å². The Hall–Kier alpha value is -2.01. The normalized spacial score (nSPS) is 19.8. The van der Waals surface area contributed by atoms with Crippen LogP contribution < -0.4 is 4.90 Å². The lowest BCUT2D eigenvalue weighted by atomic mass is 9.99. The van der Waals surface area contributed by atoms with Gasteiger partial charge in [0, 0.05) is 37.6 Å². The molecule has 0 bridgehead atoms. The lowest BCUT2D eigenvalue weighted by molar-refractivity contribution is 0.128. The lowest BCUT2D eigenvalue weighted by Crippen LogP contribution is -2.46. The molecule has 0 spiro atoms. The smallest absolute Gasteiger partial charge is 0.212 e. The Morgan fingerprint density at radius 1 is 1.08 bits per heavy atom. The second-order valence-electron chi connectivity index (χ2n) is 6.92. The van der Waals surface area contributed by atoms with Gasteiger partial charge in [0.1, 0.15) is 6.67 Å². The van der Waals surface area contributed by atoms with Crippen molar-refractivity contribution in [2.75, 3.05) is 31.2 Å². The number of hydrogen-bond donors (Lipinski definition) is 0. The van der Waals surface area contributed by atoms with Crippen molar-refractivity contribution in [3.63, 3.8) is 0 Å². The van der Waals surface area contributed by atoms with Crippen LogP contribution in [0.15, 0.2) is 42.6 Å². The Labute approximate surface area is 147 Å². The van der Waals surface area contributed by atoms with E-state index in [0.29, 0.717) is 6.04 Å². The summed E-state index contributed by atoms with van der Waals surface area (Å²) in [6.07, 6.45) is 4.63. The first-order valence-electron chi connectivity index (χ1n) is 9.02. The van der Waals surface area contributed by atoms with E-state index >= 15 is 0 Å². The third-order valence-corrected chi connectivity index (χ3v) is 5.58. The van der Waals surface area contributed by atoms with Crippen LogP contribution >= 0.6 is 0 Å². The molecule has 0 amide bonds. The minimum absolute atomic E-state index is 0.320. The molecule has 1 atom stereocenters. The molecule has 0 N–H and O–H groups in total. The maximum absolute atomic E-state index is 13.6. The fraction of sp³-hybridized carbons (Fsp3) is 0.450. The zero-order chi connectivity index (χ0) is 17.2. The van der Waals surface area contributed by atoms with Gasteiger partial charge >= 0.3 is 0 Å². The summed E-state index contributed by atoms with van der Waals surface area (Å²) in [7, 11) is 0. The molecule has 1 unspecified atom stereocenters. The molecule has 2 aromatic rings. The molecule has 1 aromatic heterocycles. The third kappa shape index (κ3) is 3.25. The van der Waals surface area contributed by atoms with Crippen LogP contribution in [-0.2, 0) is 6.42 Å². The van der Waals surface area contributed by atoms with E-state index in [-0.39, 0.29) is 6.04 Å². The van der Waals surface area contributed by atoms with Gasteiger partial charge in [-0.3, -0.25) is 4.90 Å². The van der Waals surface area contributed by atoms with E-state index in [0.717, 1.165) is 44.5 Å². The van der Waals surface area contributed by atoms with Crippen molar-refractivity contribution in [2.45, 2.75) is 31.3 Å². The maximum Gasteiger partial charge on any atom is 0.212 e. The van der Waals surface area contributed by atoms with Crippen LogP contribution in [0.3, 0.4) is 0 Å². The van der Waals surface area contributed by atoms with E-state index in [2.05, 4.69) is 39.0 Å². The van der Waals surface area contributed by atoms with Gasteiger partial charge in [-0.25, -0.2) is 9.37 Å². The molecule has 25 heavy (non-hydrogen) atoms. The number of benzene rings is 1. The maximum atomic E-state index is 13.6. The first-order chi connectivity index (χ1) is 12.3. The fourth-order valence-corrected chi connectivity index (χ4v) is 4.23. The van der Waals surface area contributed by atoms with Gasteiger partial charge in [0.15, 0.2) is 0 Å². The van der Waals surface area contributed by atoms with Gasteiger partial charge < -0.3 is 4.90 Å². The molecule has 0 aliphatic carbocycles. The first-order valence-corrected chi connectivity index (χ1v) is 9.02. The number of pyridine rings is 1. The second kappa shape index (κ2) is 7.08. The molecule has 0 saturated carbocycles. The Kier molecular flexibility index (Phi) is 4.66. The van der Waals surface area contributed by atoms with Crippen molar-refractivity contribution >= 4 is 5.69 Å². The van der Waals surface area contributed by atoms with E-state index in [1.54, 1.807) is 6.07 Å². The third-order valence-electron chi connectivity index (χ3n) is 5.58. The monoisotopic (exact) mass is 343 g/mol. The number of likely N-dealkylation sites (tertiary alicyclic amines) is 1. The van der Waals surface area contributed by atoms with Gasteiger partial charge in [-0.15, -0.1) is 0 Å². The molecule has 132 valence electrons. The highest BCUT2D eigenvalue weighted by Gasteiger charge is 2.31. The number of anilines is 1. The van der Waals surface area contributed by atoms with Gasteiger partial charge in [-0.2, -0.15) is 4.39 Å². The minimum atomic E-state index is -0.521. The lowest BCUT2D eigenvalue weighted by Gasteiger charge is -2.40. The zero-order valence-electron chi connectivity index (χ0n) is 14.2. The zero-order valence-corrected chi connectivity index (χ0v) is 14.2. The van der Waals surface area contributed by atoms with Gasteiger partial charge in [0.25, 0.3) is 0 Å². The van der Waals surface area contributed by atoms with Crippen molar-refractivity contribution in [1.29, 1.82) is 0 Å². The van der Waals surface area contributed by atoms with E-state index < -0.39 is 12.6 Å². The Morgan fingerprint density at radius 3 is 2.60 bits per heavy atom. The number of alkyl halides is 1. The van der Waals surface area contributed by atoms with Crippen LogP contribution in [0.2, 0.25) is 0 Å². The number of aromatic nitrogens is 1. The highest BCUT2D eigenvalue weighted by Crippen LogP contribution is 2.34. The quantitative estimate of drug-likeness (QED) is 0.788. The molecular formula is C20H23F2N3. The highest BCUT2D eigenvalue weighted by atomic mass is 19.1. The molecule has 3 heterocycles. The van der Waals surface area contributed by atoms with Crippen LogP contribution in [0.25, 0.3) is 0 Å². The number of fused-ring (bicyclic) bond motifs is 1. The molecule has 3 nitrogen and oxygen atoms in total. The van der Waals surface area contributed by atoms with Gasteiger partial charge in [-0.1, -0.05) is 24.3 Å². The number of halogens is 2. The van der Waals surface area contributed by atoms with Crippen molar-refractivity contribution in [1.82, 2.24) is 9.88 Å². The van der Waals surface area contributed by atoms with Crippen LogP contribution in [0, 0.1) is 5.95 Å². The summed E-state index contributed by atoms with van der Waals surface area (Å²) in [4.78, 5) is 8.38. The Morgan fingerprint density at radius 2 is 1.88 bits per heavy atom. The molecule has 4 rings (SSSR count). The number of para-hydroxylation sites is 1. The molecule has 2 aliphatic heterocycles. The number of piperidine rings is 1. The SMILES string of the molecule is FCC(c1ccc(F)nc1)N1CCC(N2CCc3ccccc32)CC1. The summed E-state index contributed by atoms with van der Waals surface area (Å²) in [5.74, 6) is -0.521. The fourth-order valence-electron chi connectivity index (χ4n) is 4.23. The molecule has 1 saturated heterocycles.